The second kappa shape index (κ2) is 4.98. The van der Waals surface area contributed by atoms with E-state index in [-0.39, 0.29) is 5.91 Å². The number of carbonyl (C=O) groups is 1. The van der Waals surface area contributed by atoms with E-state index < -0.39 is 5.60 Å². The number of β-amino-alcohol motifs (C(OH)–C–C–N with tert-alkyl or cyclic N) is 1. The third-order valence-electron chi connectivity index (χ3n) is 3.56. The minimum absolute atomic E-state index is 0.107. The number of aryl methyl sites for hydroxylation is 1. The number of carbonyl (C=O) groups excluding carboxylic acids is 1. The molecule has 4 heteroatoms. The summed E-state index contributed by atoms with van der Waals surface area (Å²) in [5.41, 5.74) is 6.85. The molecule has 0 atom stereocenters. The first-order valence-corrected chi connectivity index (χ1v) is 6.37. The number of aliphatic hydroxyl groups is 1. The van der Waals surface area contributed by atoms with E-state index in [1.165, 1.54) is 0 Å². The largest absolute Gasteiger partial charge is 0.399 e. The van der Waals surface area contributed by atoms with Gasteiger partial charge >= 0.3 is 0 Å². The summed E-state index contributed by atoms with van der Waals surface area (Å²) in [6, 6.07) is 7.60. The summed E-state index contributed by atoms with van der Waals surface area (Å²) in [7, 11) is 0. The number of hydrogen-bond acceptors (Lipinski definition) is 3. The van der Waals surface area contributed by atoms with Gasteiger partial charge in [0.2, 0.25) is 5.91 Å². The first-order chi connectivity index (χ1) is 8.52. The Labute approximate surface area is 107 Å². The average molecular weight is 248 g/mol. The summed E-state index contributed by atoms with van der Waals surface area (Å²) in [6.07, 6.45) is 1.88. The molecule has 0 saturated carbocycles. The molecule has 1 aliphatic heterocycles. The van der Waals surface area contributed by atoms with Gasteiger partial charge in [0.1, 0.15) is 0 Å². The molecule has 0 bridgehead atoms. The molecule has 1 aromatic carbocycles. The van der Waals surface area contributed by atoms with Crippen molar-refractivity contribution < 1.29 is 9.90 Å². The third kappa shape index (κ3) is 2.82. The summed E-state index contributed by atoms with van der Waals surface area (Å²) in [5, 5.41) is 9.85. The fourth-order valence-electron chi connectivity index (χ4n) is 2.22. The highest BCUT2D eigenvalue weighted by Crippen LogP contribution is 2.24. The van der Waals surface area contributed by atoms with Gasteiger partial charge in [-0.15, -0.1) is 0 Å². The number of benzene rings is 1. The molecule has 1 aliphatic rings. The molecule has 0 radical (unpaired) electrons. The van der Waals surface area contributed by atoms with Crippen molar-refractivity contribution in [2.24, 2.45) is 0 Å². The number of anilines is 1. The second-order valence-corrected chi connectivity index (χ2v) is 5.07. The molecule has 1 heterocycles. The van der Waals surface area contributed by atoms with Crippen molar-refractivity contribution >= 4 is 11.6 Å². The van der Waals surface area contributed by atoms with Crippen LogP contribution in [0.1, 0.15) is 25.3 Å². The number of nitrogens with two attached hydrogens (primary N) is 1. The highest BCUT2D eigenvalue weighted by molar-refractivity contribution is 5.77. The molecule has 0 unspecified atom stereocenters. The molecule has 98 valence electrons. The predicted molar refractivity (Wildman–Crippen MR) is 71.0 cm³/mol. The van der Waals surface area contributed by atoms with Crippen molar-refractivity contribution in [1.29, 1.82) is 0 Å². The van der Waals surface area contributed by atoms with E-state index in [2.05, 4.69) is 0 Å². The van der Waals surface area contributed by atoms with Crippen LogP contribution in [0.25, 0.3) is 0 Å². The Morgan fingerprint density at radius 3 is 2.83 bits per heavy atom. The maximum Gasteiger partial charge on any atom is 0.223 e. The number of likely N-dealkylation sites (tertiary alicyclic amines) is 1. The Balaban J connectivity index is 1.80. The third-order valence-corrected chi connectivity index (χ3v) is 3.56. The van der Waals surface area contributed by atoms with Crippen LogP contribution in [0.2, 0.25) is 0 Å². The molecule has 4 nitrogen and oxygen atoms in total. The van der Waals surface area contributed by atoms with Crippen LogP contribution in [0.3, 0.4) is 0 Å². The monoisotopic (exact) mass is 248 g/mol. The topological polar surface area (TPSA) is 66.6 Å². The normalized spacial score (nSPS) is 17.3. The standard InChI is InChI=1S/C14H20N2O2/c1-2-14(18)9-16(10-14)13(17)7-6-11-4-3-5-12(15)8-11/h3-5,8,18H,2,6-7,9-10,15H2,1H3. The maximum atomic E-state index is 11.9. The van der Waals surface area contributed by atoms with Crippen LogP contribution in [0.5, 0.6) is 0 Å². The van der Waals surface area contributed by atoms with Crippen LogP contribution < -0.4 is 5.73 Å². The smallest absolute Gasteiger partial charge is 0.223 e. The van der Waals surface area contributed by atoms with Gasteiger partial charge in [-0.25, -0.2) is 0 Å². The summed E-state index contributed by atoms with van der Waals surface area (Å²) >= 11 is 0. The van der Waals surface area contributed by atoms with Crippen LogP contribution in [-0.4, -0.2) is 34.6 Å². The Morgan fingerprint density at radius 2 is 2.22 bits per heavy atom. The van der Waals surface area contributed by atoms with Gasteiger partial charge in [0.15, 0.2) is 0 Å². The highest BCUT2D eigenvalue weighted by Gasteiger charge is 2.41. The minimum atomic E-state index is -0.646. The summed E-state index contributed by atoms with van der Waals surface area (Å²) in [6.45, 7) is 2.88. The van der Waals surface area contributed by atoms with Gasteiger partial charge in [-0.3, -0.25) is 4.79 Å². The molecule has 1 aromatic rings. The number of nitrogens with zero attached hydrogens (tertiary/aromatic N) is 1. The van der Waals surface area contributed by atoms with Crippen molar-refractivity contribution in [3.63, 3.8) is 0 Å². The number of amides is 1. The average Bonchev–Trinajstić information content (AvgIpc) is 2.32. The molecular weight excluding hydrogens is 228 g/mol. The van der Waals surface area contributed by atoms with Crippen molar-refractivity contribution in [3.05, 3.63) is 29.8 Å². The van der Waals surface area contributed by atoms with E-state index in [1.54, 1.807) is 4.90 Å². The fourth-order valence-corrected chi connectivity index (χ4v) is 2.22. The lowest BCUT2D eigenvalue weighted by molar-refractivity contribution is -0.155. The lowest BCUT2D eigenvalue weighted by atomic mass is 9.91. The number of hydrogen-bond donors (Lipinski definition) is 2. The van der Waals surface area contributed by atoms with Crippen molar-refractivity contribution in [3.8, 4) is 0 Å². The molecule has 18 heavy (non-hydrogen) atoms. The van der Waals surface area contributed by atoms with E-state index in [0.717, 1.165) is 11.3 Å². The van der Waals surface area contributed by atoms with E-state index in [9.17, 15) is 9.90 Å². The van der Waals surface area contributed by atoms with Crippen molar-refractivity contribution in [2.45, 2.75) is 31.8 Å². The van der Waals surface area contributed by atoms with E-state index in [0.29, 0.717) is 32.4 Å². The fraction of sp³-hybridized carbons (Fsp3) is 0.500. The van der Waals surface area contributed by atoms with Crippen molar-refractivity contribution in [1.82, 2.24) is 4.90 Å². The summed E-state index contributed by atoms with van der Waals surface area (Å²) < 4.78 is 0. The summed E-state index contributed by atoms with van der Waals surface area (Å²) in [4.78, 5) is 13.6. The van der Waals surface area contributed by atoms with Gasteiger partial charge in [0.25, 0.3) is 0 Å². The van der Waals surface area contributed by atoms with Gasteiger partial charge in [-0.2, -0.15) is 0 Å². The van der Waals surface area contributed by atoms with E-state index in [1.807, 2.05) is 31.2 Å². The first-order valence-electron chi connectivity index (χ1n) is 6.37. The second-order valence-electron chi connectivity index (χ2n) is 5.07. The minimum Gasteiger partial charge on any atom is -0.399 e. The Kier molecular flexibility index (Phi) is 3.57. The van der Waals surface area contributed by atoms with Crippen LogP contribution in [0.15, 0.2) is 24.3 Å². The highest BCUT2D eigenvalue weighted by atomic mass is 16.3. The molecule has 3 N–H and O–H groups in total. The van der Waals surface area contributed by atoms with Gasteiger partial charge < -0.3 is 15.7 Å². The first kappa shape index (κ1) is 12.9. The molecule has 2 rings (SSSR count). The SMILES string of the molecule is CCC1(O)CN(C(=O)CCc2cccc(N)c2)C1. The van der Waals surface area contributed by atoms with Gasteiger partial charge in [-0.05, 0) is 30.5 Å². The van der Waals surface area contributed by atoms with Crippen molar-refractivity contribution in [2.75, 3.05) is 18.8 Å². The molecule has 0 aromatic heterocycles. The Bertz CT molecular complexity index is 439. The lowest BCUT2D eigenvalue weighted by Crippen LogP contribution is -2.63. The molecule has 1 saturated heterocycles. The number of nitrogen functional groups attached to an aromatic ring is 1. The van der Waals surface area contributed by atoms with E-state index in [4.69, 9.17) is 5.73 Å². The quantitative estimate of drug-likeness (QED) is 0.786. The Morgan fingerprint density at radius 1 is 1.50 bits per heavy atom. The summed E-state index contributed by atoms with van der Waals surface area (Å²) in [5.74, 6) is 0.107. The van der Waals surface area contributed by atoms with Crippen LogP contribution in [0, 0.1) is 0 Å². The molecular formula is C14H20N2O2. The van der Waals surface area contributed by atoms with Gasteiger partial charge in [0, 0.05) is 12.1 Å². The van der Waals surface area contributed by atoms with E-state index >= 15 is 0 Å². The van der Waals surface area contributed by atoms with Gasteiger partial charge in [0.05, 0.1) is 18.7 Å². The molecule has 1 fully saturated rings. The lowest BCUT2D eigenvalue weighted by Gasteiger charge is -2.46. The molecule has 0 aliphatic carbocycles. The zero-order valence-corrected chi connectivity index (χ0v) is 10.7. The van der Waals surface area contributed by atoms with Crippen LogP contribution >= 0.6 is 0 Å². The van der Waals surface area contributed by atoms with Crippen LogP contribution in [0.4, 0.5) is 5.69 Å². The maximum absolute atomic E-state index is 11.9. The Hall–Kier alpha value is -1.55. The molecule has 0 spiro atoms. The zero-order chi connectivity index (χ0) is 13.2. The van der Waals surface area contributed by atoms with Crippen LogP contribution in [-0.2, 0) is 11.2 Å². The predicted octanol–water partition coefficient (Wildman–Crippen LogP) is 1.18. The zero-order valence-electron chi connectivity index (χ0n) is 10.7. The number of rotatable bonds is 4. The molecule has 1 amide bonds. The van der Waals surface area contributed by atoms with Gasteiger partial charge in [-0.1, -0.05) is 19.1 Å².